The van der Waals surface area contributed by atoms with Gasteiger partial charge in [0.2, 0.25) is 5.95 Å². The third-order valence-electron chi connectivity index (χ3n) is 4.97. The molecule has 2 aliphatic heterocycles. The fourth-order valence-corrected chi connectivity index (χ4v) is 3.64. The van der Waals surface area contributed by atoms with E-state index >= 15 is 0 Å². The normalized spacial score (nSPS) is 18.9. The predicted molar refractivity (Wildman–Crippen MR) is 99.7 cm³/mol. The highest BCUT2D eigenvalue weighted by Gasteiger charge is 2.24. The number of fused-ring (bicyclic) bond motifs is 1. The van der Waals surface area contributed by atoms with Crippen molar-refractivity contribution in [2.24, 2.45) is 0 Å². The van der Waals surface area contributed by atoms with Crippen molar-refractivity contribution in [3.63, 3.8) is 0 Å². The van der Waals surface area contributed by atoms with Crippen molar-refractivity contribution in [3.8, 4) is 0 Å². The average Bonchev–Trinajstić information content (AvgIpc) is 2.69. The van der Waals surface area contributed by atoms with Crippen molar-refractivity contribution in [2.75, 3.05) is 50.4 Å². The van der Waals surface area contributed by atoms with Crippen molar-refractivity contribution >= 4 is 11.8 Å². The Morgan fingerprint density at radius 2 is 2.19 bits per heavy atom. The first-order chi connectivity index (χ1) is 12.8. The molecule has 0 bridgehead atoms. The van der Waals surface area contributed by atoms with Crippen LogP contribution in [0.25, 0.3) is 0 Å². The van der Waals surface area contributed by atoms with Gasteiger partial charge in [0.05, 0.1) is 24.9 Å². The molecule has 0 aliphatic carbocycles. The van der Waals surface area contributed by atoms with E-state index in [1.165, 1.54) is 11.1 Å². The number of nitrogen functional groups attached to an aromatic ring is 1. The van der Waals surface area contributed by atoms with Crippen LogP contribution in [0.5, 0.6) is 0 Å². The molecule has 0 spiro atoms. The highest BCUT2D eigenvalue weighted by molar-refractivity contribution is 5.51. The molecular formula is C18H25N7O. The minimum absolute atomic E-state index is 0.209. The third kappa shape index (κ3) is 3.77. The maximum Gasteiger partial charge on any atom is 0.222 e. The van der Waals surface area contributed by atoms with Gasteiger partial charge in [0.1, 0.15) is 5.82 Å². The maximum absolute atomic E-state index is 5.92. The molecule has 8 heteroatoms. The number of hydrogen-bond donors (Lipinski definition) is 3. The summed E-state index contributed by atoms with van der Waals surface area (Å²) in [5.74, 6) is 1.18. The molecule has 4 rings (SSSR count). The number of pyridine rings is 1. The topological polar surface area (TPSA) is 101 Å². The zero-order valence-corrected chi connectivity index (χ0v) is 14.8. The molecule has 1 atom stereocenters. The number of rotatable bonds is 5. The van der Waals surface area contributed by atoms with Gasteiger partial charge in [0, 0.05) is 44.1 Å². The molecule has 26 heavy (non-hydrogen) atoms. The molecule has 0 saturated carbocycles. The average molecular weight is 355 g/mol. The van der Waals surface area contributed by atoms with Crippen molar-refractivity contribution in [2.45, 2.75) is 19.0 Å². The molecule has 2 aromatic heterocycles. The number of nitrogens with two attached hydrogens (primary N) is 1. The van der Waals surface area contributed by atoms with Gasteiger partial charge in [-0.25, -0.2) is 4.98 Å². The fraction of sp³-hybridized carbons (Fsp3) is 0.500. The summed E-state index contributed by atoms with van der Waals surface area (Å²) in [7, 11) is 0. The van der Waals surface area contributed by atoms with Crippen LogP contribution in [-0.2, 0) is 17.7 Å². The van der Waals surface area contributed by atoms with Crippen LogP contribution >= 0.6 is 0 Å². The summed E-state index contributed by atoms with van der Waals surface area (Å²) in [6, 6.07) is 4.32. The molecule has 4 heterocycles. The van der Waals surface area contributed by atoms with Crippen molar-refractivity contribution < 1.29 is 4.74 Å². The number of anilines is 2. The van der Waals surface area contributed by atoms with Crippen molar-refractivity contribution in [1.82, 2.24) is 25.2 Å². The first-order valence-corrected chi connectivity index (χ1v) is 9.13. The molecule has 2 aromatic rings. The number of ether oxygens (including phenoxy) is 1. The van der Waals surface area contributed by atoms with Gasteiger partial charge in [-0.3, -0.25) is 9.88 Å². The number of hydrogen-bond acceptors (Lipinski definition) is 8. The summed E-state index contributed by atoms with van der Waals surface area (Å²) in [6.07, 6.45) is 4.66. The number of aromatic nitrogens is 3. The first kappa shape index (κ1) is 17.1. The molecule has 1 saturated heterocycles. The van der Waals surface area contributed by atoms with Gasteiger partial charge in [-0.15, -0.1) is 0 Å². The second kappa shape index (κ2) is 7.94. The van der Waals surface area contributed by atoms with Crippen LogP contribution in [0, 0.1) is 0 Å². The summed E-state index contributed by atoms with van der Waals surface area (Å²) >= 11 is 0. The first-order valence-electron chi connectivity index (χ1n) is 9.13. The van der Waals surface area contributed by atoms with Gasteiger partial charge in [-0.2, -0.15) is 4.98 Å². The lowest BCUT2D eigenvalue weighted by atomic mass is 10.1. The van der Waals surface area contributed by atoms with E-state index in [4.69, 9.17) is 10.5 Å². The third-order valence-corrected chi connectivity index (χ3v) is 4.97. The van der Waals surface area contributed by atoms with E-state index in [1.807, 2.05) is 18.5 Å². The van der Waals surface area contributed by atoms with E-state index in [2.05, 4.69) is 36.6 Å². The van der Waals surface area contributed by atoms with Crippen molar-refractivity contribution in [1.29, 1.82) is 0 Å². The molecule has 8 nitrogen and oxygen atoms in total. The number of nitrogens with one attached hydrogen (secondary N) is 2. The molecule has 0 aromatic carbocycles. The highest BCUT2D eigenvalue weighted by atomic mass is 16.5. The summed E-state index contributed by atoms with van der Waals surface area (Å²) in [5.41, 5.74) is 9.28. The molecule has 138 valence electrons. The Balaban J connectivity index is 1.56. The van der Waals surface area contributed by atoms with Crippen LogP contribution in [0.4, 0.5) is 11.8 Å². The van der Waals surface area contributed by atoms with Crippen molar-refractivity contribution in [3.05, 3.63) is 41.3 Å². The summed E-state index contributed by atoms with van der Waals surface area (Å²) < 4.78 is 5.52. The lowest BCUT2D eigenvalue weighted by Crippen LogP contribution is -2.41. The number of morpholine rings is 1. The van der Waals surface area contributed by atoms with E-state index in [0.29, 0.717) is 5.95 Å². The van der Waals surface area contributed by atoms with Gasteiger partial charge in [0.25, 0.3) is 0 Å². The maximum atomic E-state index is 5.92. The van der Waals surface area contributed by atoms with Crippen LogP contribution in [-0.4, -0.2) is 59.2 Å². The molecule has 1 fully saturated rings. The van der Waals surface area contributed by atoms with Gasteiger partial charge >= 0.3 is 0 Å². The monoisotopic (exact) mass is 355 g/mol. The van der Waals surface area contributed by atoms with Crippen LogP contribution in [0.2, 0.25) is 0 Å². The van der Waals surface area contributed by atoms with Gasteiger partial charge in [-0.05, 0) is 24.6 Å². The largest absolute Gasteiger partial charge is 0.379 e. The van der Waals surface area contributed by atoms with E-state index in [1.54, 1.807) is 0 Å². The Morgan fingerprint density at radius 1 is 1.31 bits per heavy atom. The van der Waals surface area contributed by atoms with Gasteiger partial charge < -0.3 is 21.1 Å². The molecule has 0 unspecified atom stereocenters. The Morgan fingerprint density at radius 3 is 3.00 bits per heavy atom. The van der Waals surface area contributed by atoms with Crippen LogP contribution < -0.4 is 16.4 Å². The summed E-state index contributed by atoms with van der Waals surface area (Å²) in [6.45, 7) is 5.76. The fourth-order valence-electron chi connectivity index (χ4n) is 3.64. The molecule has 4 N–H and O–H groups in total. The van der Waals surface area contributed by atoms with E-state index in [0.717, 1.165) is 63.9 Å². The smallest absolute Gasteiger partial charge is 0.222 e. The lowest BCUT2D eigenvalue weighted by molar-refractivity contribution is 0.0186. The van der Waals surface area contributed by atoms with Crippen LogP contribution in [0.1, 0.15) is 22.9 Å². The van der Waals surface area contributed by atoms with E-state index in [-0.39, 0.29) is 6.04 Å². The summed E-state index contributed by atoms with van der Waals surface area (Å²) in [4.78, 5) is 15.6. The Bertz CT molecular complexity index is 734. The molecule has 0 radical (unpaired) electrons. The number of nitrogens with zero attached hydrogens (tertiary/aromatic N) is 4. The highest BCUT2D eigenvalue weighted by Crippen LogP contribution is 2.25. The zero-order chi connectivity index (χ0) is 17.8. The van der Waals surface area contributed by atoms with Gasteiger partial charge in [-0.1, -0.05) is 6.07 Å². The van der Waals surface area contributed by atoms with Gasteiger partial charge in [0.15, 0.2) is 0 Å². The molecular weight excluding hydrogens is 330 g/mol. The second-order valence-corrected chi connectivity index (χ2v) is 6.61. The van der Waals surface area contributed by atoms with Crippen LogP contribution in [0.3, 0.4) is 0 Å². The minimum Gasteiger partial charge on any atom is -0.379 e. The Kier molecular flexibility index (Phi) is 5.24. The minimum atomic E-state index is 0.209. The Labute approximate surface area is 153 Å². The Hall–Kier alpha value is -2.29. The molecule has 2 aliphatic rings. The SMILES string of the molecule is Nc1nc2c(c(NC[C@@H](c3cccnc3)N3CCOCC3)n1)CCNC2. The zero-order valence-electron chi connectivity index (χ0n) is 14.8. The predicted octanol–water partition coefficient (Wildman–Crippen LogP) is 0.585. The molecule has 0 amide bonds. The van der Waals surface area contributed by atoms with E-state index in [9.17, 15) is 0 Å². The summed E-state index contributed by atoms with van der Waals surface area (Å²) in [5, 5.41) is 6.87. The second-order valence-electron chi connectivity index (χ2n) is 6.61. The van der Waals surface area contributed by atoms with Crippen LogP contribution in [0.15, 0.2) is 24.5 Å². The quantitative estimate of drug-likeness (QED) is 0.716. The van der Waals surface area contributed by atoms with E-state index < -0.39 is 0 Å². The lowest BCUT2D eigenvalue weighted by Gasteiger charge is -2.35. The standard InChI is InChI=1S/C18H25N7O/c19-18-23-15-11-21-5-3-14(15)17(24-18)22-12-16(13-2-1-4-20-10-13)25-6-8-26-9-7-25/h1-2,4,10,16,21H,3,5-9,11-12H2,(H3,19,22,23,24)/t16-/m0/s1.